The van der Waals surface area contributed by atoms with Crippen LogP contribution in [0.3, 0.4) is 0 Å². The van der Waals surface area contributed by atoms with Crippen LogP contribution in [-0.2, 0) is 9.59 Å². The Morgan fingerprint density at radius 3 is 2.71 bits per heavy atom. The van der Waals surface area contributed by atoms with Crippen LogP contribution in [0.4, 0.5) is 0 Å². The molecule has 2 atom stereocenters. The van der Waals surface area contributed by atoms with Crippen LogP contribution in [0.2, 0.25) is 0 Å². The van der Waals surface area contributed by atoms with Gasteiger partial charge in [-0.25, -0.2) is 0 Å². The van der Waals surface area contributed by atoms with E-state index in [0.717, 1.165) is 25.0 Å². The highest BCUT2D eigenvalue weighted by Crippen LogP contribution is 2.26. The van der Waals surface area contributed by atoms with Gasteiger partial charge in [0.2, 0.25) is 5.91 Å². The van der Waals surface area contributed by atoms with Crippen LogP contribution >= 0.6 is 11.8 Å². The molecule has 1 aromatic rings. The summed E-state index contributed by atoms with van der Waals surface area (Å²) >= 11 is 1.74. The third-order valence-corrected chi connectivity index (χ3v) is 4.84. The molecule has 1 saturated carbocycles. The SMILES string of the molecule is O=C(CCCSc1ccccc1)NC1CCCC1C(=O)O. The molecule has 2 N–H and O–H groups in total. The number of hydrogen-bond donors (Lipinski definition) is 2. The first-order valence-corrected chi connectivity index (χ1v) is 8.35. The Balaban J connectivity index is 1.65. The van der Waals surface area contributed by atoms with Gasteiger partial charge in [-0.2, -0.15) is 0 Å². The minimum Gasteiger partial charge on any atom is -0.481 e. The van der Waals surface area contributed by atoms with Gasteiger partial charge in [-0.05, 0) is 37.1 Å². The molecule has 21 heavy (non-hydrogen) atoms. The van der Waals surface area contributed by atoms with E-state index in [1.54, 1.807) is 11.8 Å². The Hall–Kier alpha value is -1.49. The number of hydrogen-bond acceptors (Lipinski definition) is 3. The standard InChI is InChI=1S/C16H21NO3S/c18-15(17-14-9-4-8-13(14)16(19)20)10-5-11-21-12-6-2-1-3-7-12/h1-3,6-7,13-14H,4-5,8-11H2,(H,17,18)(H,19,20). The number of amides is 1. The minimum absolute atomic E-state index is 0.0261. The molecule has 1 aromatic carbocycles. The number of nitrogens with one attached hydrogen (secondary N) is 1. The van der Waals surface area contributed by atoms with Crippen molar-refractivity contribution in [1.82, 2.24) is 5.32 Å². The van der Waals surface area contributed by atoms with E-state index in [9.17, 15) is 9.59 Å². The second-order valence-electron chi connectivity index (χ2n) is 5.31. The smallest absolute Gasteiger partial charge is 0.308 e. The van der Waals surface area contributed by atoms with Gasteiger partial charge in [0.25, 0.3) is 0 Å². The van der Waals surface area contributed by atoms with Crippen molar-refractivity contribution in [2.75, 3.05) is 5.75 Å². The molecule has 0 radical (unpaired) electrons. The lowest BCUT2D eigenvalue weighted by molar-refractivity contribution is -0.142. The molecule has 0 heterocycles. The summed E-state index contributed by atoms with van der Waals surface area (Å²) in [4.78, 5) is 24.1. The van der Waals surface area contributed by atoms with E-state index in [0.29, 0.717) is 12.8 Å². The highest BCUT2D eigenvalue weighted by atomic mass is 32.2. The molecule has 0 bridgehead atoms. The van der Waals surface area contributed by atoms with Crippen LogP contribution in [0.25, 0.3) is 0 Å². The monoisotopic (exact) mass is 307 g/mol. The largest absolute Gasteiger partial charge is 0.481 e. The summed E-state index contributed by atoms with van der Waals surface area (Å²) in [6.45, 7) is 0. The van der Waals surface area contributed by atoms with E-state index in [4.69, 9.17) is 5.11 Å². The Labute approximate surface area is 129 Å². The average Bonchev–Trinajstić information content (AvgIpc) is 2.93. The Morgan fingerprint density at radius 1 is 1.24 bits per heavy atom. The fourth-order valence-electron chi connectivity index (χ4n) is 2.65. The number of benzene rings is 1. The molecule has 2 rings (SSSR count). The van der Waals surface area contributed by atoms with Crippen molar-refractivity contribution in [2.24, 2.45) is 5.92 Å². The van der Waals surface area contributed by atoms with E-state index >= 15 is 0 Å². The number of carbonyl (C=O) groups excluding carboxylic acids is 1. The van der Waals surface area contributed by atoms with Gasteiger partial charge in [-0.3, -0.25) is 9.59 Å². The summed E-state index contributed by atoms with van der Waals surface area (Å²) in [5.41, 5.74) is 0. The second kappa shape index (κ2) is 8.08. The molecule has 4 nitrogen and oxygen atoms in total. The van der Waals surface area contributed by atoms with Gasteiger partial charge < -0.3 is 10.4 Å². The van der Waals surface area contributed by atoms with Crippen molar-refractivity contribution < 1.29 is 14.7 Å². The zero-order chi connectivity index (χ0) is 15.1. The molecule has 0 spiro atoms. The predicted octanol–water partition coefficient (Wildman–Crippen LogP) is 2.93. The zero-order valence-electron chi connectivity index (χ0n) is 12.0. The average molecular weight is 307 g/mol. The fourth-order valence-corrected chi connectivity index (χ4v) is 3.52. The predicted molar refractivity (Wildman–Crippen MR) is 83.3 cm³/mol. The highest BCUT2D eigenvalue weighted by molar-refractivity contribution is 7.99. The molecule has 0 aliphatic heterocycles. The number of thioether (sulfide) groups is 1. The number of carboxylic acid groups (broad SMARTS) is 1. The van der Waals surface area contributed by atoms with Gasteiger partial charge in [0, 0.05) is 17.4 Å². The Kier molecular flexibility index (Phi) is 6.11. The van der Waals surface area contributed by atoms with Gasteiger partial charge in [0.15, 0.2) is 0 Å². The molecule has 5 heteroatoms. The number of carbonyl (C=O) groups is 2. The molecule has 114 valence electrons. The topological polar surface area (TPSA) is 66.4 Å². The number of carboxylic acids is 1. The van der Waals surface area contributed by atoms with Gasteiger partial charge in [0.05, 0.1) is 5.92 Å². The van der Waals surface area contributed by atoms with Crippen molar-refractivity contribution in [2.45, 2.75) is 43.0 Å². The molecule has 0 aromatic heterocycles. The first-order valence-electron chi connectivity index (χ1n) is 7.37. The van der Waals surface area contributed by atoms with E-state index in [1.807, 2.05) is 18.2 Å². The number of rotatable bonds is 7. The van der Waals surface area contributed by atoms with Gasteiger partial charge in [-0.15, -0.1) is 11.8 Å². The lowest BCUT2D eigenvalue weighted by Crippen LogP contribution is -2.40. The maximum absolute atomic E-state index is 11.9. The third-order valence-electron chi connectivity index (χ3n) is 3.74. The van der Waals surface area contributed by atoms with Crippen LogP contribution in [0, 0.1) is 5.92 Å². The Bertz CT molecular complexity index is 478. The fraction of sp³-hybridized carbons (Fsp3) is 0.500. The first-order chi connectivity index (χ1) is 10.2. The lowest BCUT2D eigenvalue weighted by Gasteiger charge is -2.17. The van der Waals surface area contributed by atoms with Crippen LogP contribution in [0.15, 0.2) is 35.2 Å². The molecular weight excluding hydrogens is 286 g/mol. The summed E-state index contributed by atoms with van der Waals surface area (Å²) in [7, 11) is 0. The lowest BCUT2D eigenvalue weighted by atomic mass is 10.0. The van der Waals surface area contributed by atoms with E-state index in [-0.39, 0.29) is 11.9 Å². The minimum atomic E-state index is -0.794. The second-order valence-corrected chi connectivity index (χ2v) is 6.48. The maximum Gasteiger partial charge on any atom is 0.308 e. The molecule has 2 unspecified atom stereocenters. The van der Waals surface area contributed by atoms with Crippen LogP contribution < -0.4 is 5.32 Å². The van der Waals surface area contributed by atoms with E-state index < -0.39 is 11.9 Å². The van der Waals surface area contributed by atoms with Crippen molar-refractivity contribution in [3.05, 3.63) is 30.3 Å². The summed E-state index contributed by atoms with van der Waals surface area (Å²) in [5, 5.41) is 12.0. The van der Waals surface area contributed by atoms with E-state index in [1.165, 1.54) is 4.90 Å². The van der Waals surface area contributed by atoms with Crippen molar-refractivity contribution in [1.29, 1.82) is 0 Å². The van der Waals surface area contributed by atoms with Crippen LogP contribution in [0.5, 0.6) is 0 Å². The Morgan fingerprint density at radius 2 is 2.00 bits per heavy atom. The van der Waals surface area contributed by atoms with Gasteiger partial charge in [0.1, 0.15) is 0 Å². The van der Waals surface area contributed by atoms with Crippen molar-refractivity contribution in [3.8, 4) is 0 Å². The summed E-state index contributed by atoms with van der Waals surface area (Å²) < 4.78 is 0. The number of aliphatic carboxylic acids is 1. The van der Waals surface area contributed by atoms with Gasteiger partial charge >= 0.3 is 5.97 Å². The maximum atomic E-state index is 11.9. The zero-order valence-corrected chi connectivity index (χ0v) is 12.8. The van der Waals surface area contributed by atoms with Crippen molar-refractivity contribution >= 4 is 23.6 Å². The highest BCUT2D eigenvalue weighted by Gasteiger charge is 2.33. The molecular formula is C16H21NO3S. The van der Waals surface area contributed by atoms with Gasteiger partial charge in [-0.1, -0.05) is 24.6 Å². The first kappa shape index (κ1) is 15.9. The molecule has 1 aliphatic carbocycles. The molecule has 1 fully saturated rings. The molecule has 1 amide bonds. The van der Waals surface area contributed by atoms with E-state index in [2.05, 4.69) is 17.4 Å². The summed E-state index contributed by atoms with van der Waals surface area (Å²) in [6.07, 6.45) is 3.59. The van der Waals surface area contributed by atoms with Crippen LogP contribution in [-0.4, -0.2) is 28.8 Å². The molecule has 1 aliphatic rings. The summed E-state index contributed by atoms with van der Waals surface area (Å²) in [5.74, 6) is -0.336. The van der Waals surface area contributed by atoms with Crippen LogP contribution in [0.1, 0.15) is 32.1 Å². The normalized spacial score (nSPS) is 21.1. The quantitative estimate of drug-likeness (QED) is 0.600. The summed E-state index contributed by atoms with van der Waals surface area (Å²) in [6, 6.07) is 9.92. The third kappa shape index (κ3) is 5.08. The van der Waals surface area contributed by atoms with Crippen molar-refractivity contribution in [3.63, 3.8) is 0 Å². The molecule has 0 saturated heterocycles.